The summed E-state index contributed by atoms with van der Waals surface area (Å²) in [7, 11) is 2.16. The number of rotatable bonds is 7. The second-order valence-corrected chi connectivity index (χ2v) is 8.11. The van der Waals surface area contributed by atoms with Gasteiger partial charge in [0.2, 0.25) is 5.91 Å². The SMILES string of the molecule is CN1CCc2cc([C@H](CNC(=O)CCc3ccccc3)N3CCCC3)ccc21. The lowest BCUT2D eigenvalue weighted by Crippen LogP contribution is -2.37. The summed E-state index contributed by atoms with van der Waals surface area (Å²) in [6.45, 7) is 4.05. The molecule has 0 bridgehead atoms. The zero-order chi connectivity index (χ0) is 19.3. The molecule has 0 radical (unpaired) electrons. The quantitative estimate of drug-likeness (QED) is 0.801. The first-order chi connectivity index (χ1) is 13.7. The number of carbonyl (C=O) groups excluding carboxylic acids is 1. The third-order valence-corrected chi connectivity index (χ3v) is 6.17. The summed E-state index contributed by atoms with van der Waals surface area (Å²) in [6.07, 6.45) is 4.98. The molecule has 4 nitrogen and oxygen atoms in total. The molecule has 0 aromatic heterocycles. The van der Waals surface area contributed by atoms with Crippen molar-refractivity contribution >= 4 is 11.6 Å². The Kier molecular flexibility index (Phi) is 5.96. The summed E-state index contributed by atoms with van der Waals surface area (Å²) in [4.78, 5) is 17.3. The molecular formula is C24H31N3O. The molecule has 1 amide bonds. The average molecular weight is 378 g/mol. The molecule has 4 heteroatoms. The number of hydrogen-bond donors (Lipinski definition) is 1. The fraction of sp³-hybridized carbons (Fsp3) is 0.458. The maximum Gasteiger partial charge on any atom is 0.220 e. The van der Waals surface area contributed by atoms with E-state index in [2.05, 4.69) is 52.5 Å². The Labute approximate surface area is 168 Å². The standard InChI is InChI=1S/C24H31N3O/c1-26-16-13-21-17-20(10-11-22(21)26)23(27-14-5-6-15-27)18-25-24(28)12-9-19-7-3-2-4-8-19/h2-4,7-8,10-11,17,23H,5-6,9,12-16,18H2,1H3,(H,25,28)/t23-/m0/s1. The Balaban J connectivity index is 1.40. The lowest BCUT2D eigenvalue weighted by Gasteiger charge is -2.29. The van der Waals surface area contributed by atoms with Gasteiger partial charge in [-0.1, -0.05) is 42.5 Å². The van der Waals surface area contributed by atoms with Crippen molar-refractivity contribution in [1.82, 2.24) is 10.2 Å². The third-order valence-electron chi connectivity index (χ3n) is 6.17. The molecule has 1 atom stereocenters. The minimum Gasteiger partial charge on any atom is -0.374 e. The number of fused-ring (bicyclic) bond motifs is 1. The molecule has 4 rings (SSSR count). The maximum absolute atomic E-state index is 12.5. The molecular weight excluding hydrogens is 346 g/mol. The predicted octanol–water partition coefficient (Wildman–Crippen LogP) is 3.56. The van der Waals surface area contributed by atoms with E-state index in [-0.39, 0.29) is 11.9 Å². The van der Waals surface area contributed by atoms with E-state index in [0.29, 0.717) is 13.0 Å². The monoisotopic (exact) mass is 377 g/mol. The van der Waals surface area contributed by atoms with Gasteiger partial charge in [-0.15, -0.1) is 0 Å². The smallest absolute Gasteiger partial charge is 0.220 e. The number of nitrogens with one attached hydrogen (secondary N) is 1. The summed E-state index contributed by atoms with van der Waals surface area (Å²) in [5, 5.41) is 3.21. The lowest BCUT2D eigenvalue weighted by molar-refractivity contribution is -0.121. The van der Waals surface area contributed by atoms with Crippen molar-refractivity contribution in [1.29, 1.82) is 0 Å². The van der Waals surface area contributed by atoms with E-state index < -0.39 is 0 Å². The first kappa shape index (κ1) is 19.0. The van der Waals surface area contributed by atoms with Crippen molar-refractivity contribution < 1.29 is 4.79 Å². The van der Waals surface area contributed by atoms with Gasteiger partial charge in [0.25, 0.3) is 0 Å². The average Bonchev–Trinajstić information content (AvgIpc) is 3.38. The van der Waals surface area contributed by atoms with Gasteiger partial charge in [-0.2, -0.15) is 0 Å². The van der Waals surface area contributed by atoms with E-state index in [1.54, 1.807) is 0 Å². The van der Waals surface area contributed by atoms with Crippen LogP contribution in [0.1, 0.15) is 42.0 Å². The number of aryl methyl sites for hydroxylation is 1. The molecule has 2 aliphatic rings. The second kappa shape index (κ2) is 8.78. The van der Waals surface area contributed by atoms with Gasteiger partial charge in [0, 0.05) is 32.2 Å². The van der Waals surface area contributed by atoms with E-state index in [1.807, 2.05) is 18.2 Å². The minimum atomic E-state index is 0.147. The molecule has 2 heterocycles. The number of likely N-dealkylation sites (N-methyl/N-ethyl adjacent to an activating group) is 1. The fourth-order valence-corrected chi connectivity index (χ4v) is 4.51. The Hall–Kier alpha value is -2.33. The highest BCUT2D eigenvalue weighted by atomic mass is 16.1. The minimum absolute atomic E-state index is 0.147. The molecule has 148 valence electrons. The van der Waals surface area contributed by atoms with Crippen LogP contribution in [0.25, 0.3) is 0 Å². The molecule has 2 aromatic rings. The second-order valence-electron chi connectivity index (χ2n) is 8.11. The summed E-state index contributed by atoms with van der Waals surface area (Å²) < 4.78 is 0. The molecule has 2 aliphatic heterocycles. The molecule has 0 unspecified atom stereocenters. The van der Waals surface area contributed by atoms with Crippen LogP contribution in [0, 0.1) is 0 Å². The largest absolute Gasteiger partial charge is 0.374 e. The Morgan fingerprint density at radius 2 is 1.86 bits per heavy atom. The van der Waals surface area contributed by atoms with Crippen LogP contribution < -0.4 is 10.2 Å². The molecule has 0 spiro atoms. The van der Waals surface area contributed by atoms with Gasteiger partial charge in [0.05, 0.1) is 6.04 Å². The van der Waals surface area contributed by atoms with Gasteiger partial charge in [-0.3, -0.25) is 9.69 Å². The number of benzene rings is 2. The van der Waals surface area contributed by atoms with E-state index in [0.717, 1.165) is 32.5 Å². The lowest BCUT2D eigenvalue weighted by atomic mass is 10.0. The van der Waals surface area contributed by atoms with Crippen LogP contribution in [0.15, 0.2) is 48.5 Å². The van der Waals surface area contributed by atoms with Crippen molar-refractivity contribution in [2.45, 2.75) is 38.1 Å². The fourth-order valence-electron chi connectivity index (χ4n) is 4.51. The van der Waals surface area contributed by atoms with Crippen molar-refractivity contribution in [2.75, 3.05) is 38.1 Å². The number of nitrogens with zero attached hydrogens (tertiary/aromatic N) is 2. The van der Waals surface area contributed by atoms with Crippen LogP contribution in [0.5, 0.6) is 0 Å². The van der Waals surface area contributed by atoms with Crippen molar-refractivity contribution in [3.8, 4) is 0 Å². The molecule has 0 saturated carbocycles. The zero-order valence-corrected chi connectivity index (χ0v) is 16.9. The van der Waals surface area contributed by atoms with Gasteiger partial charge in [0.1, 0.15) is 0 Å². The predicted molar refractivity (Wildman–Crippen MR) is 115 cm³/mol. The number of likely N-dealkylation sites (tertiary alicyclic amines) is 1. The topological polar surface area (TPSA) is 35.6 Å². The van der Waals surface area contributed by atoms with E-state index in [1.165, 1.54) is 35.2 Å². The molecule has 1 saturated heterocycles. The normalized spacial score (nSPS) is 17.5. The summed E-state index contributed by atoms with van der Waals surface area (Å²) >= 11 is 0. The summed E-state index contributed by atoms with van der Waals surface area (Å²) in [5.74, 6) is 0.147. The van der Waals surface area contributed by atoms with E-state index in [9.17, 15) is 4.79 Å². The molecule has 28 heavy (non-hydrogen) atoms. The summed E-state index contributed by atoms with van der Waals surface area (Å²) in [6, 6.07) is 17.4. The van der Waals surface area contributed by atoms with E-state index >= 15 is 0 Å². The first-order valence-corrected chi connectivity index (χ1v) is 10.6. The number of amides is 1. The molecule has 1 fully saturated rings. The number of carbonyl (C=O) groups is 1. The number of anilines is 1. The molecule has 1 N–H and O–H groups in total. The third kappa shape index (κ3) is 4.39. The van der Waals surface area contributed by atoms with Gasteiger partial charge < -0.3 is 10.2 Å². The Bertz CT molecular complexity index is 799. The number of hydrogen-bond acceptors (Lipinski definition) is 3. The van der Waals surface area contributed by atoms with Gasteiger partial charge >= 0.3 is 0 Å². The first-order valence-electron chi connectivity index (χ1n) is 10.6. The van der Waals surface area contributed by atoms with Gasteiger partial charge in [0.15, 0.2) is 0 Å². The molecule has 2 aromatic carbocycles. The maximum atomic E-state index is 12.5. The van der Waals surface area contributed by atoms with Crippen LogP contribution in [0.3, 0.4) is 0 Å². The van der Waals surface area contributed by atoms with Crippen LogP contribution in [-0.4, -0.2) is 44.0 Å². The highest BCUT2D eigenvalue weighted by Crippen LogP contribution is 2.32. The van der Waals surface area contributed by atoms with Crippen molar-refractivity contribution in [3.05, 3.63) is 65.2 Å². The van der Waals surface area contributed by atoms with Crippen LogP contribution in [0.4, 0.5) is 5.69 Å². The van der Waals surface area contributed by atoms with Crippen LogP contribution in [-0.2, 0) is 17.6 Å². The van der Waals surface area contributed by atoms with Gasteiger partial charge in [-0.05, 0) is 61.5 Å². The summed E-state index contributed by atoms with van der Waals surface area (Å²) in [5.41, 5.74) is 5.37. The highest BCUT2D eigenvalue weighted by Gasteiger charge is 2.26. The van der Waals surface area contributed by atoms with Crippen molar-refractivity contribution in [2.24, 2.45) is 0 Å². The van der Waals surface area contributed by atoms with Crippen LogP contribution >= 0.6 is 0 Å². The highest BCUT2D eigenvalue weighted by molar-refractivity contribution is 5.76. The van der Waals surface area contributed by atoms with Crippen molar-refractivity contribution in [3.63, 3.8) is 0 Å². The molecule has 0 aliphatic carbocycles. The Morgan fingerprint density at radius 3 is 2.64 bits per heavy atom. The van der Waals surface area contributed by atoms with E-state index in [4.69, 9.17) is 0 Å². The zero-order valence-electron chi connectivity index (χ0n) is 16.9. The Morgan fingerprint density at radius 1 is 1.07 bits per heavy atom. The van der Waals surface area contributed by atoms with Crippen LogP contribution in [0.2, 0.25) is 0 Å². The van der Waals surface area contributed by atoms with Gasteiger partial charge in [-0.25, -0.2) is 0 Å².